The second-order valence-electron chi connectivity index (χ2n) is 14.1. The summed E-state index contributed by atoms with van der Waals surface area (Å²) in [4.78, 5) is 27.8. The highest BCUT2D eigenvalue weighted by atomic mass is 19.4. The first kappa shape index (κ1) is 36.0. The minimum Gasteiger partial charge on any atom is -0.465 e. The van der Waals surface area contributed by atoms with Crippen LogP contribution in [-0.4, -0.2) is 63.5 Å². The fourth-order valence-electron chi connectivity index (χ4n) is 8.37. The molecule has 5 aromatic carbocycles. The van der Waals surface area contributed by atoms with E-state index in [0.29, 0.717) is 11.1 Å². The Hall–Kier alpha value is -5.95. The van der Waals surface area contributed by atoms with Gasteiger partial charge in [-0.15, -0.1) is 0 Å². The van der Waals surface area contributed by atoms with Gasteiger partial charge in [-0.25, -0.2) is 18.4 Å². The average molecular weight is 755 g/mol. The Morgan fingerprint density at radius 3 is 1.85 bits per heavy atom. The molecule has 0 spiro atoms. The van der Waals surface area contributed by atoms with Crippen molar-refractivity contribution in [3.63, 3.8) is 0 Å². The summed E-state index contributed by atoms with van der Waals surface area (Å²) in [6.07, 6.45) is -5.84. The van der Waals surface area contributed by atoms with Gasteiger partial charge in [0.25, 0.3) is 0 Å². The summed E-state index contributed by atoms with van der Waals surface area (Å²) in [6, 6.07) is 30.6. The number of fused-ring (bicyclic) bond motifs is 3. The maximum Gasteiger partial charge on any atom is 0.421 e. The van der Waals surface area contributed by atoms with Crippen LogP contribution in [0.3, 0.4) is 0 Å². The van der Waals surface area contributed by atoms with Gasteiger partial charge in [0.15, 0.2) is 5.58 Å². The quantitative estimate of drug-likeness (QED) is 0.120. The lowest BCUT2D eigenvalue weighted by molar-refractivity contribution is -0.155. The molecule has 8 rings (SSSR count). The maximum absolute atomic E-state index is 16.2. The molecule has 2 aliphatic rings. The van der Waals surface area contributed by atoms with Crippen LogP contribution in [0.2, 0.25) is 0 Å². The summed E-state index contributed by atoms with van der Waals surface area (Å²) in [5, 5.41) is 12.0. The van der Waals surface area contributed by atoms with Gasteiger partial charge < -0.3 is 19.7 Å². The molecule has 0 radical (unpaired) electrons. The highest BCUT2D eigenvalue weighted by Crippen LogP contribution is 2.47. The number of rotatable bonds is 8. The van der Waals surface area contributed by atoms with Gasteiger partial charge in [0.1, 0.15) is 17.2 Å². The molecule has 2 N–H and O–H groups in total. The number of nitrogens with one attached hydrogen (secondary N) is 1. The molecule has 1 fully saturated rings. The Kier molecular flexibility index (Phi) is 8.99. The van der Waals surface area contributed by atoms with Crippen molar-refractivity contribution in [2.24, 2.45) is 0 Å². The summed E-state index contributed by atoms with van der Waals surface area (Å²) < 4.78 is 82.7. The number of carboxylic acid groups (broad SMARTS) is 1. The monoisotopic (exact) mass is 754 g/mol. The minimum atomic E-state index is -4.71. The Bertz CT molecular complexity index is 2310. The van der Waals surface area contributed by atoms with Crippen LogP contribution >= 0.6 is 0 Å². The van der Waals surface area contributed by atoms with E-state index in [-0.39, 0.29) is 36.3 Å². The van der Waals surface area contributed by atoms with E-state index < -0.39 is 65.4 Å². The zero-order chi connectivity index (χ0) is 38.6. The van der Waals surface area contributed by atoms with E-state index in [9.17, 15) is 22.8 Å². The molecule has 55 heavy (non-hydrogen) atoms. The molecule has 2 aliphatic heterocycles. The number of hydrogen-bond acceptors (Lipinski definition) is 5. The van der Waals surface area contributed by atoms with Crippen LogP contribution in [0.4, 0.5) is 32.4 Å². The maximum atomic E-state index is 16.2. The fraction of sp³-hybridized carbons (Fsp3) is 0.238. The Labute approximate surface area is 312 Å². The molecule has 0 unspecified atom stereocenters. The number of aromatic nitrogens is 1. The minimum absolute atomic E-state index is 0.00808. The van der Waals surface area contributed by atoms with E-state index >= 15 is 8.78 Å². The number of oxazole rings is 1. The molecule has 3 heterocycles. The van der Waals surface area contributed by atoms with Gasteiger partial charge in [0.05, 0.1) is 24.1 Å². The first-order valence-electron chi connectivity index (χ1n) is 17.8. The average Bonchev–Trinajstić information content (AvgIpc) is 3.48. The van der Waals surface area contributed by atoms with Crippen molar-refractivity contribution in [3.8, 4) is 0 Å². The first-order chi connectivity index (χ1) is 26.4. The number of carbonyl (C=O) groups is 1. The molecular weight excluding hydrogens is 719 g/mol. The van der Waals surface area contributed by atoms with E-state index in [4.69, 9.17) is 9.52 Å². The summed E-state index contributed by atoms with van der Waals surface area (Å²) in [7, 11) is 0. The van der Waals surface area contributed by atoms with Crippen LogP contribution in [0.1, 0.15) is 46.3 Å². The van der Waals surface area contributed by atoms with Crippen LogP contribution < -0.4 is 11.1 Å². The molecular formula is C42H35F5N4O4. The fourth-order valence-corrected chi connectivity index (χ4v) is 8.37. The third-order valence-electron chi connectivity index (χ3n) is 10.7. The molecule has 282 valence electrons. The number of alkyl halides is 3. The predicted molar refractivity (Wildman–Crippen MR) is 196 cm³/mol. The lowest BCUT2D eigenvalue weighted by atomic mass is 9.76. The van der Waals surface area contributed by atoms with E-state index in [0.717, 1.165) is 38.6 Å². The number of nitrogens with zero attached hydrogens (tertiary/aromatic N) is 3. The Balaban J connectivity index is 1.33. The van der Waals surface area contributed by atoms with E-state index in [1.165, 1.54) is 6.07 Å². The van der Waals surface area contributed by atoms with Gasteiger partial charge >= 0.3 is 18.0 Å². The van der Waals surface area contributed by atoms with Gasteiger partial charge in [-0.1, -0.05) is 97.1 Å². The number of anilines is 1. The Morgan fingerprint density at radius 1 is 0.836 bits per heavy atom. The molecule has 0 aliphatic carbocycles. The van der Waals surface area contributed by atoms with Crippen molar-refractivity contribution in [1.82, 2.24) is 14.4 Å². The highest BCUT2D eigenvalue weighted by Gasteiger charge is 2.46. The lowest BCUT2D eigenvalue weighted by Gasteiger charge is -2.42. The third-order valence-corrected chi connectivity index (χ3v) is 10.7. The normalized spacial score (nSPS) is 17.9. The highest BCUT2D eigenvalue weighted by molar-refractivity contribution is 5.81. The number of hydrogen-bond donors (Lipinski definition) is 2. The predicted octanol–water partition coefficient (Wildman–Crippen LogP) is 8.39. The van der Waals surface area contributed by atoms with Crippen molar-refractivity contribution in [1.29, 1.82) is 0 Å². The number of likely N-dealkylation sites (tertiary alicyclic amines) is 1. The van der Waals surface area contributed by atoms with Gasteiger partial charge in [-0.3, -0.25) is 9.47 Å². The van der Waals surface area contributed by atoms with Crippen LogP contribution in [0.15, 0.2) is 124 Å². The summed E-state index contributed by atoms with van der Waals surface area (Å²) >= 11 is 0. The van der Waals surface area contributed by atoms with Crippen molar-refractivity contribution in [2.75, 3.05) is 25.0 Å². The molecule has 6 aromatic rings. The van der Waals surface area contributed by atoms with Crippen molar-refractivity contribution in [3.05, 3.63) is 171 Å². The van der Waals surface area contributed by atoms with Crippen LogP contribution in [0.5, 0.6) is 0 Å². The van der Waals surface area contributed by atoms with Gasteiger partial charge in [-0.05, 0) is 53.8 Å². The molecule has 0 bridgehead atoms. The molecule has 1 aromatic heterocycles. The summed E-state index contributed by atoms with van der Waals surface area (Å²) in [5.41, 5.74) is 1.41. The lowest BCUT2D eigenvalue weighted by Crippen LogP contribution is -2.56. The largest absolute Gasteiger partial charge is 0.465 e. The standard InChI is InChI=1S/C42H35F5N4O4/c1-25-19-32-31(37(50(25)24-41(45,46)47)36-33(43)20-29(21-34(36)44)48-30-22-49(23-30)39(52)53)17-18-35-38(32)55-40(54)51(35)42(26-11-5-2-6-12-26,27-13-7-3-8-14-27)28-15-9-4-10-16-28/h2-18,20-21,25,30,37,48H,19,22-24H2,1H3,(H,52,53)/t25-,37+/m1/s1. The molecule has 2 atom stereocenters. The molecule has 13 heteroatoms. The van der Waals surface area contributed by atoms with E-state index in [2.05, 4.69) is 5.32 Å². The molecule has 8 nitrogen and oxygen atoms in total. The zero-order valence-corrected chi connectivity index (χ0v) is 29.4. The van der Waals surface area contributed by atoms with Crippen LogP contribution in [-0.2, 0) is 12.0 Å². The first-order valence-corrected chi connectivity index (χ1v) is 17.8. The topological polar surface area (TPSA) is 91.0 Å². The SMILES string of the molecule is C[C@@H]1Cc2c(ccc3c2oc(=O)n3C(c2ccccc2)(c2ccccc2)c2ccccc2)[C@@H](c2c(F)cc(NC3CN(C(=O)O)C3)cc2F)N1CC(F)(F)F. The van der Waals surface area contributed by atoms with Crippen molar-refractivity contribution in [2.45, 2.75) is 43.2 Å². The summed E-state index contributed by atoms with van der Waals surface area (Å²) in [5.74, 6) is -2.89. The van der Waals surface area contributed by atoms with Crippen molar-refractivity contribution < 1.29 is 36.3 Å². The third kappa shape index (κ3) is 6.21. The van der Waals surface area contributed by atoms with Crippen molar-refractivity contribution >= 4 is 22.9 Å². The van der Waals surface area contributed by atoms with Gasteiger partial charge in [0, 0.05) is 35.9 Å². The zero-order valence-electron chi connectivity index (χ0n) is 29.4. The number of benzene rings is 5. The second-order valence-corrected chi connectivity index (χ2v) is 14.1. The van der Waals surface area contributed by atoms with Gasteiger partial charge in [0.2, 0.25) is 0 Å². The Morgan fingerprint density at radius 2 is 1.36 bits per heavy atom. The molecule has 1 amide bonds. The number of amides is 1. The van der Waals surface area contributed by atoms with Crippen LogP contribution in [0, 0.1) is 11.6 Å². The second kappa shape index (κ2) is 13.7. The van der Waals surface area contributed by atoms with E-state index in [1.54, 1.807) is 17.6 Å². The van der Waals surface area contributed by atoms with E-state index in [1.807, 2.05) is 91.0 Å². The van der Waals surface area contributed by atoms with Gasteiger partial charge in [-0.2, -0.15) is 13.2 Å². The molecule has 0 saturated carbocycles. The number of halogens is 5. The van der Waals surface area contributed by atoms with Crippen LogP contribution in [0.25, 0.3) is 11.1 Å². The smallest absolute Gasteiger partial charge is 0.421 e. The summed E-state index contributed by atoms with van der Waals surface area (Å²) in [6.45, 7) is 0.309. The molecule has 1 saturated heterocycles.